The van der Waals surface area contributed by atoms with Gasteiger partial charge in [-0.2, -0.15) is 0 Å². The van der Waals surface area contributed by atoms with E-state index in [0.29, 0.717) is 0 Å². The monoisotopic (exact) mass is 304 g/mol. The zero-order chi connectivity index (χ0) is 14.2. The van der Waals surface area contributed by atoms with Crippen molar-refractivity contribution >= 4 is 17.3 Å². The predicted octanol–water partition coefficient (Wildman–Crippen LogP) is 4.04. The molecule has 2 nitrogen and oxygen atoms in total. The molecule has 0 N–H and O–H groups in total. The van der Waals surface area contributed by atoms with Crippen molar-refractivity contribution in [2.75, 3.05) is 31.1 Å². The summed E-state index contributed by atoms with van der Waals surface area (Å²) in [4.78, 5) is 5.23. The first-order valence-corrected chi connectivity index (χ1v) is 8.92. The van der Waals surface area contributed by atoms with Gasteiger partial charge in [-0.3, -0.25) is 4.90 Å². The van der Waals surface area contributed by atoms with E-state index in [2.05, 4.69) is 21.9 Å². The van der Waals surface area contributed by atoms with Gasteiger partial charge >= 0.3 is 0 Å². The minimum absolute atomic E-state index is 0.872. The number of piperazine rings is 1. The number of hydrogen-bond acceptors (Lipinski definition) is 2. The second-order valence-corrected chi connectivity index (χ2v) is 7.47. The van der Waals surface area contributed by atoms with Gasteiger partial charge in [0.2, 0.25) is 0 Å². The summed E-state index contributed by atoms with van der Waals surface area (Å²) in [5.74, 6) is 2.06. The topological polar surface area (TPSA) is 6.48 Å². The number of anilines is 1. The standard InChI is InChI=1S/C18H25ClN2/c19-16-3-1-2-4-18(16)21-11-9-20(10-12-21)17-8-6-14-5-7-15(17)13-14/h1-4,14-15,17H,5-13H2. The Hall–Kier alpha value is -0.730. The van der Waals surface area contributed by atoms with E-state index >= 15 is 0 Å². The Morgan fingerprint density at radius 2 is 1.67 bits per heavy atom. The fourth-order valence-corrected chi connectivity index (χ4v) is 5.11. The largest absolute Gasteiger partial charge is 0.368 e. The molecule has 1 saturated heterocycles. The van der Waals surface area contributed by atoms with Crippen molar-refractivity contribution < 1.29 is 0 Å². The van der Waals surface area contributed by atoms with Gasteiger partial charge in [-0.05, 0) is 49.7 Å². The molecule has 0 aromatic heterocycles. The summed E-state index contributed by atoms with van der Waals surface area (Å²) < 4.78 is 0. The van der Waals surface area contributed by atoms with Crippen LogP contribution in [0.2, 0.25) is 5.02 Å². The van der Waals surface area contributed by atoms with E-state index in [1.54, 1.807) is 0 Å². The van der Waals surface area contributed by atoms with Gasteiger partial charge in [0, 0.05) is 32.2 Å². The highest BCUT2D eigenvalue weighted by Gasteiger charge is 2.39. The van der Waals surface area contributed by atoms with Gasteiger partial charge in [0.1, 0.15) is 0 Å². The minimum atomic E-state index is 0.872. The van der Waals surface area contributed by atoms with Gasteiger partial charge in [0.05, 0.1) is 10.7 Å². The van der Waals surface area contributed by atoms with Crippen molar-refractivity contribution in [1.29, 1.82) is 0 Å². The number of hydrogen-bond donors (Lipinski definition) is 0. The molecule has 2 aliphatic carbocycles. The predicted molar refractivity (Wildman–Crippen MR) is 89.1 cm³/mol. The Kier molecular flexibility index (Phi) is 3.85. The van der Waals surface area contributed by atoms with Crippen LogP contribution in [0, 0.1) is 11.8 Å². The van der Waals surface area contributed by atoms with E-state index in [4.69, 9.17) is 11.6 Å². The van der Waals surface area contributed by atoms with Gasteiger partial charge in [-0.15, -0.1) is 0 Å². The number of nitrogens with zero attached hydrogens (tertiary/aromatic N) is 2. The fourth-order valence-electron chi connectivity index (χ4n) is 4.85. The van der Waals surface area contributed by atoms with Crippen LogP contribution in [0.15, 0.2) is 24.3 Å². The summed E-state index contributed by atoms with van der Waals surface area (Å²) in [7, 11) is 0. The molecule has 1 aromatic carbocycles. The molecule has 3 fully saturated rings. The van der Waals surface area contributed by atoms with Gasteiger partial charge in [0.15, 0.2) is 0 Å². The van der Waals surface area contributed by atoms with Crippen LogP contribution in [0.3, 0.4) is 0 Å². The summed E-state index contributed by atoms with van der Waals surface area (Å²) in [5.41, 5.74) is 1.21. The zero-order valence-corrected chi connectivity index (χ0v) is 13.4. The Balaban J connectivity index is 1.39. The molecule has 3 aliphatic rings. The van der Waals surface area contributed by atoms with Crippen molar-refractivity contribution in [3.05, 3.63) is 29.3 Å². The van der Waals surface area contributed by atoms with Crippen LogP contribution >= 0.6 is 11.6 Å². The molecule has 21 heavy (non-hydrogen) atoms. The van der Waals surface area contributed by atoms with Crippen LogP contribution < -0.4 is 4.90 Å². The lowest BCUT2D eigenvalue weighted by molar-refractivity contribution is 0.103. The Morgan fingerprint density at radius 3 is 2.48 bits per heavy atom. The van der Waals surface area contributed by atoms with Crippen molar-refractivity contribution in [3.63, 3.8) is 0 Å². The number of fused-ring (bicyclic) bond motifs is 2. The maximum Gasteiger partial charge on any atom is 0.0639 e. The third-order valence-corrected chi connectivity index (χ3v) is 6.29. The minimum Gasteiger partial charge on any atom is -0.368 e. The molecular weight excluding hydrogens is 280 g/mol. The summed E-state index contributed by atoms with van der Waals surface area (Å²) in [5, 5.41) is 0.891. The van der Waals surface area contributed by atoms with Crippen LogP contribution in [-0.2, 0) is 0 Å². The van der Waals surface area contributed by atoms with Crippen molar-refractivity contribution in [2.24, 2.45) is 11.8 Å². The maximum absolute atomic E-state index is 6.34. The van der Waals surface area contributed by atoms with Crippen molar-refractivity contribution in [1.82, 2.24) is 4.90 Å². The highest BCUT2D eigenvalue weighted by atomic mass is 35.5. The summed E-state index contributed by atoms with van der Waals surface area (Å²) in [6.07, 6.45) is 7.42. The molecule has 1 heterocycles. The molecule has 3 heteroatoms. The second-order valence-electron chi connectivity index (χ2n) is 7.06. The normalized spacial score (nSPS) is 33.4. The highest BCUT2D eigenvalue weighted by molar-refractivity contribution is 6.33. The summed E-state index contributed by atoms with van der Waals surface area (Å²) >= 11 is 6.34. The van der Waals surface area contributed by atoms with Gasteiger partial charge in [-0.25, -0.2) is 0 Å². The molecule has 0 radical (unpaired) electrons. The van der Waals surface area contributed by atoms with Crippen molar-refractivity contribution in [3.8, 4) is 0 Å². The molecule has 0 spiro atoms. The third kappa shape index (κ3) is 2.68. The van der Waals surface area contributed by atoms with Gasteiger partial charge < -0.3 is 4.90 Å². The molecule has 114 valence electrons. The van der Waals surface area contributed by atoms with Gasteiger partial charge in [-0.1, -0.05) is 30.2 Å². The lowest BCUT2D eigenvalue weighted by Crippen LogP contribution is -2.52. The van der Waals surface area contributed by atoms with Gasteiger partial charge in [0.25, 0.3) is 0 Å². The lowest BCUT2D eigenvalue weighted by atomic mass is 9.84. The van der Waals surface area contributed by atoms with E-state index in [1.165, 1.54) is 50.9 Å². The van der Waals surface area contributed by atoms with Crippen LogP contribution in [0.4, 0.5) is 5.69 Å². The molecule has 4 rings (SSSR count). The fraction of sp³-hybridized carbons (Fsp3) is 0.667. The number of rotatable bonds is 2. The Morgan fingerprint density at radius 1 is 0.905 bits per heavy atom. The summed E-state index contributed by atoms with van der Waals surface area (Å²) in [6.45, 7) is 4.65. The van der Waals surface area contributed by atoms with E-state index in [1.807, 2.05) is 12.1 Å². The van der Waals surface area contributed by atoms with Crippen LogP contribution in [0.5, 0.6) is 0 Å². The Bertz CT molecular complexity index is 496. The van der Waals surface area contributed by atoms with E-state index in [0.717, 1.165) is 36.0 Å². The second kappa shape index (κ2) is 5.81. The quantitative estimate of drug-likeness (QED) is 0.813. The molecule has 1 aliphatic heterocycles. The van der Waals surface area contributed by atoms with E-state index in [-0.39, 0.29) is 0 Å². The molecular formula is C18H25ClN2. The average molecular weight is 305 g/mol. The Labute approximate surface area is 133 Å². The van der Waals surface area contributed by atoms with Crippen molar-refractivity contribution in [2.45, 2.75) is 38.1 Å². The summed E-state index contributed by atoms with van der Waals surface area (Å²) in [6, 6.07) is 9.13. The zero-order valence-electron chi connectivity index (χ0n) is 12.7. The lowest BCUT2D eigenvalue weighted by Gasteiger charge is -2.44. The molecule has 2 saturated carbocycles. The van der Waals surface area contributed by atoms with E-state index < -0.39 is 0 Å². The molecule has 1 aromatic rings. The molecule has 3 atom stereocenters. The van der Waals surface area contributed by atoms with E-state index in [9.17, 15) is 0 Å². The third-order valence-electron chi connectivity index (χ3n) is 5.97. The number of halogens is 1. The van der Waals surface area contributed by atoms with Crippen LogP contribution in [0.25, 0.3) is 0 Å². The molecule has 2 bridgehead atoms. The first-order valence-electron chi connectivity index (χ1n) is 8.55. The highest BCUT2D eigenvalue weighted by Crippen LogP contribution is 2.44. The smallest absolute Gasteiger partial charge is 0.0639 e. The molecule has 3 unspecified atom stereocenters. The maximum atomic E-state index is 6.34. The first kappa shape index (κ1) is 13.9. The number of para-hydroxylation sites is 1. The average Bonchev–Trinajstić information content (AvgIpc) is 2.90. The molecule has 0 amide bonds. The van der Waals surface area contributed by atoms with Crippen LogP contribution in [0.1, 0.15) is 32.1 Å². The SMILES string of the molecule is Clc1ccccc1N1CCN(C2CCC3CCC2C3)CC1. The number of benzene rings is 1. The first-order chi connectivity index (χ1) is 10.3. The van der Waals surface area contributed by atoms with Crippen LogP contribution in [-0.4, -0.2) is 37.1 Å².